The number of amidine groups is 1. The van der Waals surface area contributed by atoms with Crippen LogP contribution in [0, 0.1) is 11.3 Å². The van der Waals surface area contributed by atoms with Gasteiger partial charge in [0.25, 0.3) is 5.91 Å². The Morgan fingerprint density at radius 1 is 1.13 bits per heavy atom. The molecule has 30 heavy (non-hydrogen) atoms. The first-order valence-corrected chi connectivity index (χ1v) is 10.4. The minimum Gasteiger partial charge on any atom is -0.493 e. The van der Waals surface area contributed by atoms with Gasteiger partial charge >= 0.3 is 0 Å². The molecule has 2 aliphatic rings. The molecule has 2 heterocycles. The Bertz CT molecular complexity index is 1130. The van der Waals surface area contributed by atoms with E-state index in [9.17, 15) is 10.1 Å². The number of rotatable bonds is 3. The molecule has 0 radical (unpaired) electrons. The SMILES string of the molecule is COc1cc2c(cc1OC)C1=C(C#N)CCC(=NC(=O)c3ccccc3Br)N1CC2. The number of methoxy groups -OCH3 is 2. The molecule has 2 aliphatic heterocycles. The van der Waals surface area contributed by atoms with Gasteiger partial charge in [-0.3, -0.25) is 4.79 Å². The van der Waals surface area contributed by atoms with Crippen LogP contribution in [0.5, 0.6) is 11.5 Å². The van der Waals surface area contributed by atoms with Crippen molar-refractivity contribution in [1.82, 2.24) is 4.90 Å². The summed E-state index contributed by atoms with van der Waals surface area (Å²) in [6, 6.07) is 13.5. The van der Waals surface area contributed by atoms with Gasteiger partial charge in [-0.05, 0) is 58.6 Å². The lowest BCUT2D eigenvalue weighted by Crippen LogP contribution is -2.38. The van der Waals surface area contributed by atoms with Gasteiger partial charge in [0.1, 0.15) is 5.84 Å². The number of nitrogens with zero attached hydrogens (tertiary/aromatic N) is 3. The molecule has 0 N–H and O–H groups in total. The van der Waals surface area contributed by atoms with Gasteiger partial charge in [0.15, 0.2) is 11.5 Å². The molecule has 2 aromatic rings. The van der Waals surface area contributed by atoms with Crippen LogP contribution in [-0.2, 0) is 6.42 Å². The molecule has 0 aliphatic carbocycles. The van der Waals surface area contributed by atoms with Gasteiger partial charge in [-0.1, -0.05) is 12.1 Å². The van der Waals surface area contributed by atoms with Crippen LogP contribution in [0.3, 0.4) is 0 Å². The van der Waals surface area contributed by atoms with Crippen LogP contribution in [-0.4, -0.2) is 37.4 Å². The normalized spacial score (nSPS) is 16.6. The van der Waals surface area contributed by atoms with Crippen molar-refractivity contribution in [3.05, 3.63) is 63.1 Å². The highest BCUT2D eigenvalue weighted by molar-refractivity contribution is 9.10. The van der Waals surface area contributed by atoms with Crippen molar-refractivity contribution in [1.29, 1.82) is 5.26 Å². The Morgan fingerprint density at radius 2 is 1.87 bits per heavy atom. The van der Waals surface area contributed by atoms with E-state index in [0.717, 1.165) is 23.2 Å². The van der Waals surface area contributed by atoms with Crippen molar-refractivity contribution < 1.29 is 14.3 Å². The lowest BCUT2D eigenvalue weighted by atomic mass is 9.89. The third kappa shape index (κ3) is 3.48. The van der Waals surface area contributed by atoms with E-state index in [1.807, 2.05) is 35.2 Å². The molecule has 0 unspecified atom stereocenters. The summed E-state index contributed by atoms with van der Waals surface area (Å²) >= 11 is 3.42. The van der Waals surface area contributed by atoms with Gasteiger partial charge in [0.2, 0.25) is 0 Å². The van der Waals surface area contributed by atoms with Gasteiger partial charge in [-0.15, -0.1) is 0 Å². The lowest BCUT2D eigenvalue weighted by molar-refractivity contribution is 0.100. The zero-order valence-electron chi connectivity index (χ0n) is 16.7. The van der Waals surface area contributed by atoms with Crippen LogP contribution in [0.15, 0.2) is 51.4 Å². The van der Waals surface area contributed by atoms with E-state index in [-0.39, 0.29) is 5.91 Å². The number of hydrogen-bond donors (Lipinski definition) is 0. The molecule has 0 saturated carbocycles. The van der Waals surface area contributed by atoms with Gasteiger partial charge in [0, 0.05) is 23.0 Å². The second-order valence-electron chi connectivity index (χ2n) is 7.02. The highest BCUT2D eigenvalue weighted by Crippen LogP contribution is 2.41. The smallest absolute Gasteiger partial charge is 0.279 e. The molecule has 0 bridgehead atoms. The fourth-order valence-electron chi connectivity index (χ4n) is 3.95. The van der Waals surface area contributed by atoms with Crippen LogP contribution in [0.2, 0.25) is 0 Å². The number of nitriles is 1. The summed E-state index contributed by atoms with van der Waals surface area (Å²) in [4.78, 5) is 19.3. The molecule has 0 saturated heterocycles. The van der Waals surface area contributed by atoms with Crippen LogP contribution in [0.1, 0.15) is 34.3 Å². The monoisotopic (exact) mass is 465 g/mol. The Hall–Kier alpha value is -3.11. The second kappa shape index (κ2) is 8.33. The first-order chi connectivity index (χ1) is 14.6. The first-order valence-electron chi connectivity index (χ1n) is 9.59. The fraction of sp³-hybridized carbons (Fsp3) is 0.261. The maximum atomic E-state index is 12.8. The molecule has 6 nitrogen and oxygen atoms in total. The lowest BCUT2D eigenvalue weighted by Gasteiger charge is -2.38. The largest absolute Gasteiger partial charge is 0.493 e. The molecule has 0 atom stereocenters. The maximum Gasteiger partial charge on any atom is 0.279 e. The summed E-state index contributed by atoms with van der Waals surface area (Å²) in [6.45, 7) is 0.644. The molecule has 0 fully saturated rings. The number of amides is 1. The number of carbonyl (C=O) groups excluding carboxylic acids is 1. The molecule has 152 valence electrons. The van der Waals surface area contributed by atoms with Gasteiger partial charge < -0.3 is 14.4 Å². The second-order valence-corrected chi connectivity index (χ2v) is 7.87. The molecular formula is C23H20BrN3O3. The summed E-state index contributed by atoms with van der Waals surface area (Å²) in [5.41, 5.74) is 4.03. The van der Waals surface area contributed by atoms with Crippen LogP contribution in [0.4, 0.5) is 0 Å². The van der Waals surface area contributed by atoms with Crippen LogP contribution in [0.25, 0.3) is 5.70 Å². The summed E-state index contributed by atoms with van der Waals surface area (Å²) in [6.07, 6.45) is 1.84. The Balaban J connectivity index is 1.79. The predicted molar refractivity (Wildman–Crippen MR) is 118 cm³/mol. The van der Waals surface area contributed by atoms with E-state index in [4.69, 9.17) is 9.47 Å². The van der Waals surface area contributed by atoms with Crippen LogP contribution >= 0.6 is 15.9 Å². The Labute approximate surface area is 183 Å². The third-order valence-corrected chi connectivity index (χ3v) is 6.10. The molecule has 0 spiro atoms. The standard InChI is InChI=1S/C23H20BrN3O3/c1-29-19-11-14-9-10-27-21(26-23(28)16-5-3-4-6-18(16)24)8-7-15(13-25)22(27)17(14)12-20(19)30-2/h3-6,11-12H,7-10H2,1-2H3. The number of benzene rings is 2. The van der Waals surface area contributed by atoms with Gasteiger partial charge in [-0.2, -0.15) is 10.3 Å². The molecule has 4 rings (SSSR count). The topological polar surface area (TPSA) is 74.9 Å². The minimum atomic E-state index is -0.296. The maximum absolute atomic E-state index is 12.8. The quantitative estimate of drug-likeness (QED) is 0.662. The highest BCUT2D eigenvalue weighted by Gasteiger charge is 2.32. The summed E-state index contributed by atoms with van der Waals surface area (Å²) < 4.78 is 11.6. The van der Waals surface area contributed by atoms with Crippen LogP contribution < -0.4 is 9.47 Å². The van der Waals surface area contributed by atoms with Gasteiger partial charge in [0.05, 0.1) is 37.1 Å². The van der Waals surface area contributed by atoms with Crippen molar-refractivity contribution in [2.24, 2.45) is 4.99 Å². The number of allylic oxidation sites excluding steroid dienone is 1. The number of ether oxygens (including phenoxy) is 2. The van der Waals surface area contributed by atoms with Crippen molar-refractivity contribution >= 4 is 33.4 Å². The minimum absolute atomic E-state index is 0.296. The summed E-state index contributed by atoms with van der Waals surface area (Å²) in [5.74, 6) is 1.66. The predicted octanol–water partition coefficient (Wildman–Crippen LogP) is 4.59. The Morgan fingerprint density at radius 3 is 2.57 bits per heavy atom. The molecular weight excluding hydrogens is 446 g/mol. The molecule has 0 aromatic heterocycles. The van der Waals surface area contributed by atoms with E-state index in [1.54, 1.807) is 20.3 Å². The van der Waals surface area contributed by atoms with Gasteiger partial charge in [-0.25, -0.2) is 0 Å². The number of aliphatic imine (C=N–C) groups is 1. The summed E-state index contributed by atoms with van der Waals surface area (Å²) in [5, 5.41) is 9.76. The van der Waals surface area contributed by atoms with E-state index >= 15 is 0 Å². The summed E-state index contributed by atoms with van der Waals surface area (Å²) in [7, 11) is 3.20. The van der Waals surface area contributed by atoms with E-state index < -0.39 is 0 Å². The van der Waals surface area contributed by atoms with E-state index in [0.29, 0.717) is 52.3 Å². The number of fused-ring (bicyclic) bond motifs is 3. The highest BCUT2D eigenvalue weighted by atomic mass is 79.9. The first kappa shape index (κ1) is 20.2. The number of carbonyl (C=O) groups is 1. The average molecular weight is 466 g/mol. The van der Waals surface area contributed by atoms with E-state index in [1.165, 1.54) is 0 Å². The zero-order valence-corrected chi connectivity index (χ0v) is 18.3. The van der Waals surface area contributed by atoms with Crippen molar-refractivity contribution in [2.45, 2.75) is 19.3 Å². The zero-order chi connectivity index (χ0) is 21.3. The Kier molecular flexibility index (Phi) is 5.60. The number of halogens is 1. The number of hydrogen-bond acceptors (Lipinski definition) is 4. The molecule has 7 heteroatoms. The molecule has 2 aromatic carbocycles. The van der Waals surface area contributed by atoms with Crippen molar-refractivity contribution in [3.63, 3.8) is 0 Å². The van der Waals surface area contributed by atoms with E-state index in [2.05, 4.69) is 27.0 Å². The fourth-order valence-corrected chi connectivity index (χ4v) is 4.40. The third-order valence-electron chi connectivity index (χ3n) is 5.41. The average Bonchev–Trinajstić information content (AvgIpc) is 2.78. The van der Waals surface area contributed by atoms with Crippen molar-refractivity contribution in [2.75, 3.05) is 20.8 Å². The molecule has 1 amide bonds. The van der Waals surface area contributed by atoms with Crippen molar-refractivity contribution in [3.8, 4) is 17.6 Å².